The average molecular weight is 300 g/mol. The van der Waals surface area contributed by atoms with Gasteiger partial charge in [0.15, 0.2) is 0 Å². The highest BCUT2D eigenvalue weighted by Crippen LogP contribution is 2.34. The second kappa shape index (κ2) is 5.74. The van der Waals surface area contributed by atoms with Crippen molar-refractivity contribution >= 4 is 40.7 Å². The Hall–Kier alpha value is -1.03. The molecule has 0 aliphatic carbocycles. The molecular weight excluding hydrogens is 289 g/mol. The molecule has 5 heteroatoms. The summed E-state index contributed by atoms with van der Waals surface area (Å²) in [7, 11) is 0. The van der Waals surface area contributed by atoms with E-state index >= 15 is 0 Å². The van der Waals surface area contributed by atoms with Crippen molar-refractivity contribution in [3.8, 4) is 11.5 Å². The zero-order chi connectivity index (χ0) is 13.1. The number of nitrogens with two attached hydrogens (primary N) is 1. The molecule has 0 heterocycles. The third-order valence-electron chi connectivity index (χ3n) is 2.33. The lowest BCUT2D eigenvalue weighted by Gasteiger charge is -2.10. The van der Waals surface area contributed by atoms with Gasteiger partial charge in [0.1, 0.15) is 11.5 Å². The molecule has 94 valence electrons. The van der Waals surface area contributed by atoms with Gasteiger partial charge in [-0.05, 0) is 42.7 Å². The van der Waals surface area contributed by atoms with E-state index in [4.69, 9.17) is 33.7 Å². The molecule has 0 fully saturated rings. The Balaban J connectivity index is 2.28. The van der Waals surface area contributed by atoms with Crippen molar-refractivity contribution in [1.82, 2.24) is 0 Å². The van der Waals surface area contributed by atoms with Crippen molar-refractivity contribution in [2.24, 2.45) is 0 Å². The van der Waals surface area contributed by atoms with E-state index in [9.17, 15) is 0 Å². The second-order valence-electron chi connectivity index (χ2n) is 3.58. The van der Waals surface area contributed by atoms with Gasteiger partial charge < -0.3 is 10.5 Å². The van der Waals surface area contributed by atoms with Crippen LogP contribution in [0, 0.1) is 0 Å². The summed E-state index contributed by atoms with van der Waals surface area (Å²) in [6.45, 7) is 0. The van der Waals surface area contributed by atoms with E-state index in [-0.39, 0.29) is 0 Å². The maximum absolute atomic E-state index is 6.05. The third-order valence-corrected chi connectivity index (χ3v) is 3.65. The molecule has 0 saturated carbocycles. The fourth-order valence-electron chi connectivity index (χ4n) is 1.44. The Morgan fingerprint density at radius 2 is 1.89 bits per heavy atom. The van der Waals surface area contributed by atoms with Gasteiger partial charge >= 0.3 is 0 Å². The summed E-state index contributed by atoms with van der Waals surface area (Å²) >= 11 is 13.4. The van der Waals surface area contributed by atoms with Crippen molar-refractivity contribution in [2.75, 3.05) is 12.0 Å². The van der Waals surface area contributed by atoms with Gasteiger partial charge in [0.25, 0.3) is 0 Å². The molecule has 0 radical (unpaired) electrons. The van der Waals surface area contributed by atoms with Crippen LogP contribution in [0.2, 0.25) is 10.0 Å². The van der Waals surface area contributed by atoms with Gasteiger partial charge in [-0.15, -0.1) is 11.8 Å². The number of benzene rings is 2. The van der Waals surface area contributed by atoms with Gasteiger partial charge in [-0.25, -0.2) is 0 Å². The molecule has 0 unspecified atom stereocenters. The number of anilines is 1. The zero-order valence-electron chi connectivity index (χ0n) is 9.61. The first-order valence-electron chi connectivity index (χ1n) is 5.16. The van der Waals surface area contributed by atoms with Gasteiger partial charge in [0, 0.05) is 15.6 Å². The van der Waals surface area contributed by atoms with Crippen LogP contribution in [-0.2, 0) is 0 Å². The Morgan fingerprint density at radius 1 is 1.11 bits per heavy atom. The normalized spacial score (nSPS) is 10.4. The third kappa shape index (κ3) is 3.05. The van der Waals surface area contributed by atoms with E-state index in [1.165, 1.54) is 0 Å². The van der Waals surface area contributed by atoms with E-state index in [2.05, 4.69) is 0 Å². The summed E-state index contributed by atoms with van der Waals surface area (Å²) in [5.74, 6) is 1.26. The quantitative estimate of drug-likeness (QED) is 0.633. The highest BCUT2D eigenvalue weighted by molar-refractivity contribution is 7.98. The summed E-state index contributed by atoms with van der Waals surface area (Å²) < 4.78 is 5.70. The van der Waals surface area contributed by atoms with E-state index < -0.39 is 0 Å². The Morgan fingerprint density at radius 3 is 2.56 bits per heavy atom. The minimum Gasteiger partial charge on any atom is -0.456 e. The van der Waals surface area contributed by atoms with Crippen LogP contribution in [0.15, 0.2) is 41.3 Å². The summed E-state index contributed by atoms with van der Waals surface area (Å²) in [6.07, 6.45) is 1.96. The Labute approximate surface area is 120 Å². The van der Waals surface area contributed by atoms with Gasteiger partial charge in [-0.2, -0.15) is 0 Å². The number of ether oxygens (including phenoxy) is 1. The van der Waals surface area contributed by atoms with Crippen LogP contribution >= 0.6 is 35.0 Å². The van der Waals surface area contributed by atoms with Gasteiger partial charge in [-0.3, -0.25) is 0 Å². The van der Waals surface area contributed by atoms with Crippen molar-refractivity contribution in [3.63, 3.8) is 0 Å². The molecule has 0 aliphatic rings. The van der Waals surface area contributed by atoms with Crippen LogP contribution in [0.4, 0.5) is 5.69 Å². The van der Waals surface area contributed by atoms with E-state index in [1.54, 1.807) is 36.0 Å². The fraction of sp³-hybridized carbons (Fsp3) is 0.0769. The number of halogens is 2. The van der Waals surface area contributed by atoms with E-state index in [0.29, 0.717) is 21.5 Å². The standard InChI is InChI=1S/C13H11Cl2NOS/c1-18-13-7-9(3-4-11(13)16)17-12-5-2-8(14)6-10(12)15/h2-7H,16H2,1H3. The Bertz CT molecular complexity index is 575. The lowest BCUT2D eigenvalue weighted by Crippen LogP contribution is -1.90. The molecule has 0 amide bonds. The second-order valence-corrected chi connectivity index (χ2v) is 5.27. The smallest absolute Gasteiger partial charge is 0.146 e. The van der Waals surface area contributed by atoms with E-state index in [1.807, 2.05) is 18.4 Å². The fourth-order valence-corrected chi connectivity index (χ4v) is 2.42. The largest absolute Gasteiger partial charge is 0.456 e. The molecule has 2 nitrogen and oxygen atoms in total. The molecule has 2 N–H and O–H groups in total. The Kier molecular flexibility index (Phi) is 4.27. The maximum Gasteiger partial charge on any atom is 0.146 e. The molecular formula is C13H11Cl2NOS. The molecule has 18 heavy (non-hydrogen) atoms. The predicted molar refractivity (Wildman–Crippen MR) is 79.2 cm³/mol. The number of nitrogen functional groups attached to an aromatic ring is 1. The lowest BCUT2D eigenvalue weighted by atomic mass is 10.3. The first-order valence-corrected chi connectivity index (χ1v) is 7.14. The monoisotopic (exact) mass is 299 g/mol. The highest BCUT2D eigenvalue weighted by Gasteiger charge is 2.06. The van der Waals surface area contributed by atoms with E-state index in [0.717, 1.165) is 10.6 Å². The van der Waals surface area contributed by atoms with Crippen LogP contribution in [0.1, 0.15) is 0 Å². The zero-order valence-corrected chi connectivity index (χ0v) is 11.9. The van der Waals surface area contributed by atoms with Crippen molar-refractivity contribution < 1.29 is 4.74 Å². The number of rotatable bonds is 3. The van der Waals surface area contributed by atoms with Gasteiger partial charge in [0.05, 0.1) is 5.02 Å². The molecule has 0 spiro atoms. The van der Waals surface area contributed by atoms with Crippen LogP contribution in [0.25, 0.3) is 0 Å². The van der Waals surface area contributed by atoms with Crippen molar-refractivity contribution in [1.29, 1.82) is 0 Å². The molecule has 0 atom stereocenters. The molecule has 2 aromatic carbocycles. The number of hydrogen-bond donors (Lipinski definition) is 1. The average Bonchev–Trinajstić information content (AvgIpc) is 2.35. The molecule has 2 aromatic rings. The van der Waals surface area contributed by atoms with Gasteiger partial charge in [-0.1, -0.05) is 23.2 Å². The number of thioether (sulfide) groups is 1. The van der Waals surface area contributed by atoms with Crippen LogP contribution < -0.4 is 10.5 Å². The van der Waals surface area contributed by atoms with Crippen molar-refractivity contribution in [2.45, 2.75) is 4.90 Å². The molecule has 0 aliphatic heterocycles. The minimum atomic E-state index is 0.477. The van der Waals surface area contributed by atoms with Crippen LogP contribution in [-0.4, -0.2) is 6.26 Å². The summed E-state index contributed by atoms with van der Waals surface area (Å²) in [4.78, 5) is 0.970. The predicted octanol–water partition coefficient (Wildman–Crippen LogP) is 5.09. The molecule has 0 aromatic heterocycles. The highest BCUT2D eigenvalue weighted by atomic mass is 35.5. The SMILES string of the molecule is CSc1cc(Oc2ccc(Cl)cc2Cl)ccc1N. The first-order chi connectivity index (χ1) is 8.60. The minimum absolute atomic E-state index is 0.477. The summed E-state index contributed by atoms with van der Waals surface area (Å²) in [5.41, 5.74) is 6.56. The van der Waals surface area contributed by atoms with Gasteiger partial charge in [0.2, 0.25) is 0 Å². The van der Waals surface area contributed by atoms with Crippen LogP contribution in [0.5, 0.6) is 11.5 Å². The number of hydrogen-bond acceptors (Lipinski definition) is 3. The summed E-state index contributed by atoms with van der Waals surface area (Å²) in [6, 6.07) is 10.6. The van der Waals surface area contributed by atoms with Crippen LogP contribution in [0.3, 0.4) is 0 Å². The maximum atomic E-state index is 6.05. The molecule has 0 bridgehead atoms. The first kappa shape index (κ1) is 13.4. The molecule has 2 rings (SSSR count). The topological polar surface area (TPSA) is 35.2 Å². The molecule has 0 saturated heterocycles. The lowest BCUT2D eigenvalue weighted by molar-refractivity contribution is 0.482. The summed E-state index contributed by atoms with van der Waals surface area (Å²) in [5, 5.41) is 1.06. The van der Waals surface area contributed by atoms with Crippen molar-refractivity contribution in [3.05, 3.63) is 46.4 Å².